The lowest BCUT2D eigenvalue weighted by Gasteiger charge is -2.27. The quantitative estimate of drug-likeness (QED) is 0.762. The first-order valence-corrected chi connectivity index (χ1v) is 6.73. The first-order chi connectivity index (χ1) is 8.70. The number of carbonyl (C=O) groups excluding carboxylic acids is 2. The van der Waals surface area contributed by atoms with Crippen molar-refractivity contribution >= 4 is 12.1 Å². The van der Waals surface area contributed by atoms with Gasteiger partial charge in [-0.1, -0.05) is 24.3 Å². The molecule has 1 aromatic carbocycles. The summed E-state index contributed by atoms with van der Waals surface area (Å²) in [6.45, 7) is 1.71. The van der Waals surface area contributed by atoms with E-state index < -0.39 is 0 Å². The number of hydrogen-bond acceptors (Lipinski definition) is 2. The van der Waals surface area contributed by atoms with Gasteiger partial charge in [0.15, 0.2) is 0 Å². The Bertz CT molecular complexity index is 411. The van der Waals surface area contributed by atoms with Gasteiger partial charge in [0.25, 0.3) is 0 Å². The first kappa shape index (κ1) is 13.0. The van der Waals surface area contributed by atoms with E-state index in [1.165, 1.54) is 5.56 Å². The third kappa shape index (κ3) is 3.06. The van der Waals surface area contributed by atoms with Crippen molar-refractivity contribution in [2.24, 2.45) is 5.92 Å². The number of ketones is 1. The fraction of sp³-hybridized carbons (Fsp3) is 0.500. The number of carbonyl (C=O) groups is 2. The van der Waals surface area contributed by atoms with Crippen molar-refractivity contribution in [3.8, 4) is 0 Å². The minimum Gasteiger partial charge on any atom is -0.303 e. The van der Waals surface area contributed by atoms with Crippen molar-refractivity contribution < 1.29 is 9.59 Å². The minimum atomic E-state index is 0.288. The first-order valence-electron chi connectivity index (χ1n) is 6.73. The fourth-order valence-corrected chi connectivity index (χ4v) is 2.86. The van der Waals surface area contributed by atoms with Crippen LogP contribution in [-0.2, 0) is 16.0 Å². The highest BCUT2D eigenvalue weighted by molar-refractivity contribution is 5.78. The van der Waals surface area contributed by atoms with Gasteiger partial charge in [-0.3, -0.25) is 4.79 Å². The third-order valence-corrected chi connectivity index (χ3v) is 4.07. The normalized spacial score (nSPS) is 23.6. The lowest BCUT2D eigenvalue weighted by Crippen LogP contribution is -2.18. The highest BCUT2D eigenvalue weighted by Crippen LogP contribution is 2.36. The SMILES string of the molecule is CC(=O)C1CCC(c2ccc(CC=O)cc2)CC1. The van der Waals surface area contributed by atoms with Gasteiger partial charge in [0.05, 0.1) is 0 Å². The molecule has 0 atom stereocenters. The molecule has 0 saturated heterocycles. The van der Waals surface area contributed by atoms with Crippen molar-refractivity contribution in [3.05, 3.63) is 35.4 Å². The molecule has 18 heavy (non-hydrogen) atoms. The Balaban J connectivity index is 1.96. The summed E-state index contributed by atoms with van der Waals surface area (Å²) in [4.78, 5) is 21.8. The molecule has 0 amide bonds. The molecule has 1 aliphatic rings. The Hall–Kier alpha value is -1.44. The Morgan fingerprint density at radius 3 is 2.28 bits per heavy atom. The average Bonchev–Trinajstić information content (AvgIpc) is 2.40. The highest BCUT2D eigenvalue weighted by Gasteiger charge is 2.24. The molecule has 1 aromatic rings. The van der Waals surface area contributed by atoms with Crippen molar-refractivity contribution in [2.75, 3.05) is 0 Å². The van der Waals surface area contributed by atoms with Gasteiger partial charge in [-0.05, 0) is 49.7 Å². The van der Waals surface area contributed by atoms with Gasteiger partial charge >= 0.3 is 0 Å². The smallest absolute Gasteiger partial charge is 0.132 e. The zero-order valence-electron chi connectivity index (χ0n) is 10.9. The number of aldehydes is 1. The maximum atomic E-state index is 11.3. The summed E-state index contributed by atoms with van der Waals surface area (Å²) in [5, 5.41) is 0. The van der Waals surface area contributed by atoms with Crippen LogP contribution >= 0.6 is 0 Å². The second-order valence-corrected chi connectivity index (χ2v) is 5.27. The van der Waals surface area contributed by atoms with Crippen LogP contribution in [0.3, 0.4) is 0 Å². The molecule has 1 fully saturated rings. The zero-order valence-corrected chi connectivity index (χ0v) is 10.9. The lowest BCUT2D eigenvalue weighted by molar-refractivity contribution is -0.121. The summed E-state index contributed by atoms with van der Waals surface area (Å²) < 4.78 is 0. The van der Waals surface area contributed by atoms with E-state index in [-0.39, 0.29) is 5.92 Å². The molecule has 0 aromatic heterocycles. The van der Waals surface area contributed by atoms with E-state index in [0.29, 0.717) is 18.1 Å². The van der Waals surface area contributed by atoms with Gasteiger partial charge in [-0.25, -0.2) is 0 Å². The molecule has 0 radical (unpaired) electrons. The molecule has 0 heterocycles. The molecule has 96 valence electrons. The van der Waals surface area contributed by atoms with E-state index in [9.17, 15) is 9.59 Å². The topological polar surface area (TPSA) is 34.1 Å². The minimum absolute atomic E-state index is 0.288. The van der Waals surface area contributed by atoms with Gasteiger partial charge in [-0.2, -0.15) is 0 Å². The maximum Gasteiger partial charge on any atom is 0.132 e. The number of hydrogen-bond donors (Lipinski definition) is 0. The molecule has 2 rings (SSSR count). The van der Waals surface area contributed by atoms with E-state index in [4.69, 9.17) is 0 Å². The van der Waals surface area contributed by atoms with Crippen LogP contribution in [0.25, 0.3) is 0 Å². The number of Topliss-reactive ketones (excluding diaryl/α,β-unsaturated/α-hetero) is 1. The van der Waals surface area contributed by atoms with Gasteiger partial charge in [0, 0.05) is 12.3 Å². The van der Waals surface area contributed by atoms with E-state index in [1.807, 2.05) is 12.1 Å². The molecule has 1 saturated carbocycles. The second-order valence-electron chi connectivity index (χ2n) is 5.27. The average molecular weight is 244 g/mol. The molecule has 0 bridgehead atoms. The molecular formula is C16H20O2. The highest BCUT2D eigenvalue weighted by atomic mass is 16.1. The third-order valence-electron chi connectivity index (χ3n) is 4.07. The second kappa shape index (κ2) is 5.94. The van der Waals surface area contributed by atoms with Crippen LogP contribution in [0.15, 0.2) is 24.3 Å². The van der Waals surface area contributed by atoms with Gasteiger partial charge in [-0.15, -0.1) is 0 Å². The Labute approximate surface area is 108 Å². The van der Waals surface area contributed by atoms with Crippen LogP contribution in [0.4, 0.5) is 0 Å². The summed E-state index contributed by atoms with van der Waals surface area (Å²) >= 11 is 0. The Kier molecular flexibility index (Phi) is 4.29. The Morgan fingerprint density at radius 1 is 1.17 bits per heavy atom. The van der Waals surface area contributed by atoms with Crippen LogP contribution in [0.2, 0.25) is 0 Å². The molecule has 2 heteroatoms. The summed E-state index contributed by atoms with van der Waals surface area (Å²) in [7, 11) is 0. The van der Waals surface area contributed by atoms with Crippen molar-refractivity contribution in [2.45, 2.75) is 44.9 Å². The van der Waals surface area contributed by atoms with Gasteiger partial charge in [0.1, 0.15) is 12.1 Å². The van der Waals surface area contributed by atoms with E-state index >= 15 is 0 Å². The van der Waals surface area contributed by atoms with E-state index in [0.717, 1.165) is 37.5 Å². The number of rotatable bonds is 4. The molecule has 0 unspecified atom stereocenters. The van der Waals surface area contributed by atoms with Crippen LogP contribution in [0.5, 0.6) is 0 Å². The molecule has 0 spiro atoms. The predicted molar refractivity (Wildman–Crippen MR) is 71.6 cm³/mol. The van der Waals surface area contributed by atoms with Crippen LogP contribution in [0, 0.1) is 5.92 Å². The fourth-order valence-electron chi connectivity index (χ4n) is 2.86. The summed E-state index contributed by atoms with van der Waals surface area (Å²) in [5.41, 5.74) is 2.43. The standard InChI is InChI=1S/C16H20O2/c1-12(18)14-6-8-16(9-7-14)15-4-2-13(3-5-15)10-11-17/h2-5,11,14,16H,6-10H2,1H3. The molecule has 0 aliphatic heterocycles. The van der Waals surface area contributed by atoms with Gasteiger partial charge < -0.3 is 4.79 Å². The Morgan fingerprint density at radius 2 is 1.78 bits per heavy atom. The largest absolute Gasteiger partial charge is 0.303 e. The van der Waals surface area contributed by atoms with Crippen LogP contribution < -0.4 is 0 Å². The summed E-state index contributed by atoms with van der Waals surface area (Å²) in [6, 6.07) is 8.36. The van der Waals surface area contributed by atoms with Crippen molar-refractivity contribution in [1.82, 2.24) is 0 Å². The summed E-state index contributed by atoms with van der Waals surface area (Å²) in [5.74, 6) is 1.22. The predicted octanol–water partition coefficient (Wildman–Crippen LogP) is 3.29. The molecule has 0 N–H and O–H groups in total. The van der Waals surface area contributed by atoms with Gasteiger partial charge in [0.2, 0.25) is 0 Å². The maximum absolute atomic E-state index is 11.3. The molecule has 1 aliphatic carbocycles. The number of benzene rings is 1. The molecule has 2 nitrogen and oxygen atoms in total. The van der Waals surface area contributed by atoms with Crippen molar-refractivity contribution in [3.63, 3.8) is 0 Å². The lowest BCUT2D eigenvalue weighted by atomic mass is 9.77. The van der Waals surface area contributed by atoms with Crippen LogP contribution in [0.1, 0.15) is 49.7 Å². The van der Waals surface area contributed by atoms with E-state index in [1.54, 1.807) is 6.92 Å². The van der Waals surface area contributed by atoms with Crippen LogP contribution in [-0.4, -0.2) is 12.1 Å². The van der Waals surface area contributed by atoms with Crippen molar-refractivity contribution in [1.29, 1.82) is 0 Å². The molecular weight excluding hydrogens is 224 g/mol. The monoisotopic (exact) mass is 244 g/mol. The summed E-state index contributed by atoms with van der Waals surface area (Å²) in [6.07, 6.45) is 5.70. The van der Waals surface area contributed by atoms with E-state index in [2.05, 4.69) is 12.1 Å². The zero-order chi connectivity index (χ0) is 13.0.